The summed E-state index contributed by atoms with van der Waals surface area (Å²) in [6.07, 6.45) is 0. The van der Waals surface area contributed by atoms with Gasteiger partial charge in [0.1, 0.15) is 10.5 Å². The lowest BCUT2D eigenvalue weighted by molar-refractivity contribution is 0.726. The molecule has 2 nitrogen and oxygen atoms in total. The second-order valence-electron chi connectivity index (χ2n) is 3.87. The van der Waals surface area contributed by atoms with E-state index < -0.39 is 0 Å². The minimum atomic E-state index is 0.403. The fourth-order valence-corrected chi connectivity index (χ4v) is 1.31. The highest BCUT2D eigenvalue weighted by molar-refractivity contribution is 7.71. The van der Waals surface area contributed by atoms with E-state index in [2.05, 4.69) is 37.7 Å². The summed E-state index contributed by atoms with van der Waals surface area (Å²) >= 11 is 5.09. The summed E-state index contributed by atoms with van der Waals surface area (Å²) in [4.78, 5) is 7.58. The lowest BCUT2D eigenvalue weighted by Crippen LogP contribution is -2.02. The van der Waals surface area contributed by atoms with Gasteiger partial charge in [-0.15, -0.1) is 0 Å². The van der Waals surface area contributed by atoms with Crippen LogP contribution in [0.3, 0.4) is 0 Å². The number of hydrogen-bond donors (Lipinski definition) is 1. The van der Waals surface area contributed by atoms with E-state index in [0.717, 1.165) is 5.82 Å². The molecule has 0 aliphatic heterocycles. The van der Waals surface area contributed by atoms with Gasteiger partial charge in [0, 0.05) is 11.6 Å². The Labute approximate surface area is 84.4 Å². The van der Waals surface area contributed by atoms with E-state index in [1.54, 1.807) is 0 Å². The van der Waals surface area contributed by atoms with E-state index in [1.165, 1.54) is 5.69 Å². The van der Waals surface area contributed by atoms with Crippen LogP contribution in [0.1, 0.15) is 51.0 Å². The maximum atomic E-state index is 5.09. The van der Waals surface area contributed by atoms with Crippen molar-refractivity contribution in [2.75, 3.05) is 0 Å². The number of hydrogen-bond acceptors (Lipinski definition) is 2. The summed E-state index contributed by atoms with van der Waals surface area (Å²) < 4.78 is 0.686. The Balaban J connectivity index is 3.19. The fourth-order valence-electron chi connectivity index (χ4n) is 1.08. The smallest absolute Gasteiger partial charge is 0.130 e. The highest BCUT2D eigenvalue weighted by Crippen LogP contribution is 2.15. The second-order valence-corrected chi connectivity index (χ2v) is 4.29. The molecular weight excluding hydrogens is 180 g/mol. The molecule has 1 aromatic heterocycles. The molecule has 0 bridgehead atoms. The minimum Gasteiger partial charge on any atom is -0.347 e. The van der Waals surface area contributed by atoms with Gasteiger partial charge in [0.2, 0.25) is 0 Å². The van der Waals surface area contributed by atoms with Crippen molar-refractivity contribution in [1.82, 2.24) is 9.97 Å². The van der Waals surface area contributed by atoms with E-state index in [1.807, 2.05) is 6.07 Å². The molecule has 0 radical (unpaired) electrons. The van der Waals surface area contributed by atoms with Crippen molar-refractivity contribution >= 4 is 12.2 Å². The minimum absolute atomic E-state index is 0.403. The van der Waals surface area contributed by atoms with Crippen LogP contribution in [0.25, 0.3) is 0 Å². The molecule has 0 saturated heterocycles. The van der Waals surface area contributed by atoms with Crippen LogP contribution < -0.4 is 0 Å². The molecule has 1 heterocycles. The highest BCUT2D eigenvalue weighted by Gasteiger charge is 2.05. The third-order valence-corrected chi connectivity index (χ3v) is 2.16. The summed E-state index contributed by atoms with van der Waals surface area (Å²) in [6, 6.07) is 1.94. The molecule has 1 rings (SSSR count). The van der Waals surface area contributed by atoms with E-state index in [0.29, 0.717) is 16.5 Å². The molecule has 0 saturated carbocycles. The van der Waals surface area contributed by atoms with Crippen molar-refractivity contribution in [2.24, 2.45) is 0 Å². The average molecular weight is 196 g/mol. The molecule has 72 valence electrons. The zero-order chi connectivity index (χ0) is 10.0. The van der Waals surface area contributed by atoms with Crippen LogP contribution in [0, 0.1) is 4.64 Å². The molecule has 0 amide bonds. The predicted molar refractivity (Wildman–Crippen MR) is 57.6 cm³/mol. The first-order chi connectivity index (χ1) is 6.00. The van der Waals surface area contributed by atoms with Gasteiger partial charge in [-0.1, -0.05) is 39.9 Å². The van der Waals surface area contributed by atoms with Crippen molar-refractivity contribution in [3.8, 4) is 0 Å². The molecule has 3 heteroatoms. The lowest BCUT2D eigenvalue weighted by Gasteiger charge is -2.10. The quantitative estimate of drug-likeness (QED) is 0.734. The molecular formula is C10H16N2S. The van der Waals surface area contributed by atoms with Crippen LogP contribution in [0.4, 0.5) is 0 Å². The summed E-state index contributed by atoms with van der Waals surface area (Å²) in [7, 11) is 0. The van der Waals surface area contributed by atoms with Gasteiger partial charge in [0.05, 0.1) is 0 Å². The van der Waals surface area contributed by atoms with Crippen LogP contribution in [-0.2, 0) is 0 Å². The maximum Gasteiger partial charge on any atom is 0.130 e. The Hall–Kier alpha value is -0.700. The van der Waals surface area contributed by atoms with Gasteiger partial charge in [0.15, 0.2) is 0 Å². The SMILES string of the molecule is CC(C)c1cc(=S)nc(C(C)C)[nH]1. The zero-order valence-corrected chi connectivity index (χ0v) is 9.40. The normalized spacial score (nSPS) is 11.2. The number of nitrogens with zero attached hydrogens (tertiary/aromatic N) is 1. The fraction of sp³-hybridized carbons (Fsp3) is 0.600. The number of aromatic nitrogens is 2. The van der Waals surface area contributed by atoms with Crippen molar-refractivity contribution in [2.45, 2.75) is 39.5 Å². The Morgan fingerprint density at radius 1 is 1.23 bits per heavy atom. The van der Waals surface area contributed by atoms with Crippen molar-refractivity contribution < 1.29 is 0 Å². The van der Waals surface area contributed by atoms with Crippen molar-refractivity contribution in [3.63, 3.8) is 0 Å². The second kappa shape index (κ2) is 4.01. The molecule has 0 aromatic carbocycles. The largest absolute Gasteiger partial charge is 0.347 e. The Morgan fingerprint density at radius 3 is 2.31 bits per heavy atom. The molecule has 0 atom stereocenters. The van der Waals surface area contributed by atoms with E-state index in [-0.39, 0.29) is 0 Å². The molecule has 0 unspecified atom stereocenters. The maximum absolute atomic E-state index is 5.09. The monoisotopic (exact) mass is 196 g/mol. The molecule has 0 spiro atoms. The van der Waals surface area contributed by atoms with Gasteiger partial charge in [-0.3, -0.25) is 0 Å². The number of nitrogens with one attached hydrogen (secondary N) is 1. The Bertz CT molecular complexity index is 310. The van der Waals surface area contributed by atoms with Gasteiger partial charge in [-0.2, -0.15) is 0 Å². The molecule has 1 N–H and O–H groups in total. The first-order valence-corrected chi connectivity index (χ1v) is 5.02. The molecule has 0 aliphatic carbocycles. The molecule has 1 aromatic rings. The first kappa shape index (κ1) is 10.4. The number of H-pyrrole nitrogens is 1. The Kier molecular flexibility index (Phi) is 3.20. The Morgan fingerprint density at radius 2 is 1.85 bits per heavy atom. The predicted octanol–water partition coefficient (Wildman–Crippen LogP) is 3.39. The zero-order valence-electron chi connectivity index (χ0n) is 8.59. The third-order valence-electron chi connectivity index (χ3n) is 1.95. The standard InChI is InChI=1S/C10H16N2S/c1-6(2)8-5-9(13)12-10(11-8)7(3)4/h5-7H,1-4H3,(H,11,12,13). The van der Waals surface area contributed by atoms with E-state index in [4.69, 9.17) is 12.2 Å². The van der Waals surface area contributed by atoms with Gasteiger partial charge < -0.3 is 4.98 Å². The van der Waals surface area contributed by atoms with Crippen LogP contribution in [0.15, 0.2) is 6.07 Å². The molecule has 13 heavy (non-hydrogen) atoms. The van der Waals surface area contributed by atoms with Crippen molar-refractivity contribution in [1.29, 1.82) is 0 Å². The van der Waals surface area contributed by atoms with Gasteiger partial charge in [-0.05, 0) is 12.0 Å². The topological polar surface area (TPSA) is 28.7 Å². The van der Waals surface area contributed by atoms with E-state index in [9.17, 15) is 0 Å². The molecule has 0 aliphatic rings. The summed E-state index contributed by atoms with van der Waals surface area (Å²) in [5, 5.41) is 0. The summed E-state index contributed by atoms with van der Waals surface area (Å²) in [5.74, 6) is 1.86. The van der Waals surface area contributed by atoms with Crippen LogP contribution in [0.2, 0.25) is 0 Å². The van der Waals surface area contributed by atoms with Gasteiger partial charge in [0.25, 0.3) is 0 Å². The van der Waals surface area contributed by atoms with Crippen LogP contribution in [-0.4, -0.2) is 9.97 Å². The van der Waals surface area contributed by atoms with E-state index >= 15 is 0 Å². The van der Waals surface area contributed by atoms with Gasteiger partial charge in [-0.25, -0.2) is 4.98 Å². The number of aromatic amines is 1. The summed E-state index contributed by atoms with van der Waals surface area (Å²) in [6.45, 7) is 8.50. The first-order valence-electron chi connectivity index (χ1n) is 4.62. The van der Waals surface area contributed by atoms with Crippen LogP contribution >= 0.6 is 12.2 Å². The number of rotatable bonds is 2. The summed E-state index contributed by atoms with van der Waals surface area (Å²) in [5.41, 5.74) is 1.17. The van der Waals surface area contributed by atoms with Crippen LogP contribution in [0.5, 0.6) is 0 Å². The lowest BCUT2D eigenvalue weighted by atomic mass is 10.1. The molecule has 0 fully saturated rings. The third kappa shape index (κ3) is 2.62. The van der Waals surface area contributed by atoms with Gasteiger partial charge >= 0.3 is 0 Å². The van der Waals surface area contributed by atoms with Crippen molar-refractivity contribution in [3.05, 3.63) is 22.2 Å². The average Bonchev–Trinajstić information content (AvgIpc) is 2.03. The highest BCUT2D eigenvalue weighted by atomic mass is 32.1.